The topological polar surface area (TPSA) is 113 Å². The number of carboxylic acid groups (broad SMARTS) is 2. The van der Waals surface area contributed by atoms with Gasteiger partial charge in [-0.05, 0) is 33.6 Å². The average molecular weight is 276 g/mol. The first-order chi connectivity index (χ1) is 8.42. The van der Waals surface area contributed by atoms with E-state index in [0.29, 0.717) is 0 Å². The third-order valence-corrected chi connectivity index (χ3v) is 2.56. The Balaban J connectivity index is 0. The van der Waals surface area contributed by atoms with Crippen molar-refractivity contribution < 1.29 is 19.8 Å². The predicted molar refractivity (Wildman–Crippen MR) is 75.1 cm³/mol. The van der Waals surface area contributed by atoms with Crippen molar-refractivity contribution in [1.82, 2.24) is 5.32 Å². The van der Waals surface area contributed by atoms with Gasteiger partial charge in [0.05, 0.1) is 0 Å². The van der Waals surface area contributed by atoms with Crippen LogP contribution in [0.4, 0.5) is 0 Å². The van der Waals surface area contributed by atoms with E-state index in [-0.39, 0.29) is 11.5 Å². The van der Waals surface area contributed by atoms with Gasteiger partial charge in [-0.3, -0.25) is 14.9 Å². The van der Waals surface area contributed by atoms with E-state index in [9.17, 15) is 9.59 Å². The highest BCUT2D eigenvalue weighted by Gasteiger charge is 2.18. The Morgan fingerprint density at radius 1 is 1.16 bits per heavy atom. The van der Waals surface area contributed by atoms with Crippen LogP contribution in [0, 0.1) is 5.92 Å². The zero-order valence-electron chi connectivity index (χ0n) is 12.7. The lowest BCUT2D eigenvalue weighted by molar-refractivity contribution is -0.140. The van der Waals surface area contributed by atoms with Crippen molar-refractivity contribution in [1.29, 1.82) is 0 Å². The Hall–Kier alpha value is -1.14. The molecule has 5 N–H and O–H groups in total. The quantitative estimate of drug-likeness (QED) is 0.602. The number of carbonyl (C=O) groups is 2. The van der Waals surface area contributed by atoms with E-state index < -0.39 is 24.0 Å². The summed E-state index contributed by atoms with van der Waals surface area (Å²) in [5.41, 5.74) is 5.14. The summed E-state index contributed by atoms with van der Waals surface area (Å²) < 4.78 is 0. The molecule has 0 aromatic rings. The Morgan fingerprint density at radius 3 is 1.68 bits per heavy atom. The fraction of sp³-hybridized carbons (Fsp3) is 0.846. The second-order valence-electron chi connectivity index (χ2n) is 5.70. The molecule has 6 nitrogen and oxygen atoms in total. The second kappa shape index (κ2) is 8.87. The first kappa shape index (κ1) is 20.2. The lowest BCUT2D eigenvalue weighted by atomic mass is 10.0. The van der Waals surface area contributed by atoms with E-state index in [2.05, 4.69) is 5.32 Å². The first-order valence-corrected chi connectivity index (χ1v) is 6.41. The minimum atomic E-state index is -0.913. The molecule has 114 valence electrons. The van der Waals surface area contributed by atoms with Crippen LogP contribution in [0.5, 0.6) is 0 Å². The smallest absolute Gasteiger partial charge is 0.320 e. The van der Waals surface area contributed by atoms with Gasteiger partial charge in [0.25, 0.3) is 0 Å². The van der Waals surface area contributed by atoms with Crippen LogP contribution in [-0.2, 0) is 9.59 Å². The lowest BCUT2D eigenvalue weighted by Crippen LogP contribution is -2.45. The molecule has 0 aliphatic carbocycles. The third kappa shape index (κ3) is 11.7. The van der Waals surface area contributed by atoms with Crippen molar-refractivity contribution in [3.05, 3.63) is 0 Å². The number of nitrogens with one attached hydrogen (secondary N) is 1. The van der Waals surface area contributed by atoms with Crippen molar-refractivity contribution in [3.8, 4) is 0 Å². The fourth-order valence-corrected chi connectivity index (χ4v) is 1.21. The van der Waals surface area contributed by atoms with Gasteiger partial charge in [-0.15, -0.1) is 0 Å². The van der Waals surface area contributed by atoms with Crippen molar-refractivity contribution in [3.63, 3.8) is 0 Å². The highest BCUT2D eigenvalue weighted by Crippen LogP contribution is 2.04. The molecule has 0 rings (SSSR count). The third-order valence-electron chi connectivity index (χ3n) is 2.56. The maximum absolute atomic E-state index is 10.3. The Labute approximate surface area is 115 Å². The maximum atomic E-state index is 10.3. The molecule has 3 atom stereocenters. The molecule has 6 heteroatoms. The summed E-state index contributed by atoms with van der Waals surface area (Å²) in [4.78, 5) is 20.5. The van der Waals surface area contributed by atoms with Crippen LogP contribution in [0.2, 0.25) is 0 Å². The minimum absolute atomic E-state index is 0.0718. The van der Waals surface area contributed by atoms with Gasteiger partial charge in [-0.2, -0.15) is 0 Å². The molecule has 0 bridgehead atoms. The highest BCUT2D eigenvalue weighted by atomic mass is 16.4. The van der Waals surface area contributed by atoms with Gasteiger partial charge in [-0.25, -0.2) is 0 Å². The van der Waals surface area contributed by atoms with Crippen molar-refractivity contribution in [2.75, 3.05) is 0 Å². The van der Waals surface area contributed by atoms with E-state index in [4.69, 9.17) is 15.9 Å². The molecular formula is C13H28N2O4. The van der Waals surface area contributed by atoms with Gasteiger partial charge in [0.15, 0.2) is 0 Å². The Morgan fingerprint density at radius 2 is 1.58 bits per heavy atom. The molecule has 0 amide bonds. The summed E-state index contributed by atoms with van der Waals surface area (Å²) in [7, 11) is 0. The zero-order valence-corrected chi connectivity index (χ0v) is 12.7. The lowest BCUT2D eigenvalue weighted by Gasteiger charge is -2.23. The van der Waals surface area contributed by atoms with E-state index in [1.54, 1.807) is 6.92 Å². The molecule has 0 heterocycles. The van der Waals surface area contributed by atoms with Crippen LogP contribution >= 0.6 is 0 Å². The molecule has 19 heavy (non-hydrogen) atoms. The van der Waals surface area contributed by atoms with Crippen LogP contribution in [0.25, 0.3) is 0 Å². The molecule has 0 aliphatic rings. The van der Waals surface area contributed by atoms with Gasteiger partial charge >= 0.3 is 11.9 Å². The molecule has 0 aromatic carbocycles. The van der Waals surface area contributed by atoms with Crippen LogP contribution in [0.15, 0.2) is 0 Å². The molecule has 0 fully saturated rings. The van der Waals surface area contributed by atoms with Gasteiger partial charge in [-0.1, -0.05) is 20.3 Å². The molecule has 0 spiro atoms. The number of nitrogens with two attached hydrogens (primary N) is 1. The van der Waals surface area contributed by atoms with Gasteiger partial charge in [0.1, 0.15) is 12.1 Å². The molecule has 0 aliphatic heterocycles. The summed E-state index contributed by atoms with van der Waals surface area (Å²) in [6.45, 7) is 11.2. The SMILES string of the molecule is CC[C@H](C)[C@H](N)C(=O)O.C[C@H](NC(C)(C)C)C(=O)O. The van der Waals surface area contributed by atoms with E-state index in [1.807, 2.05) is 34.6 Å². The summed E-state index contributed by atoms with van der Waals surface area (Å²) in [5, 5.41) is 19.8. The molecule has 0 saturated carbocycles. The van der Waals surface area contributed by atoms with Crippen LogP contribution < -0.4 is 11.1 Å². The van der Waals surface area contributed by atoms with E-state index in [0.717, 1.165) is 6.42 Å². The number of hydrogen-bond donors (Lipinski definition) is 4. The van der Waals surface area contributed by atoms with Crippen molar-refractivity contribution >= 4 is 11.9 Å². The van der Waals surface area contributed by atoms with Crippen LogP contribution in [0.1, 0.15) is 48.0 Å². The zero-order chi connectivity index (χ0) is 15.8. The average Bonchev–Trinajstić information content (AvgIpc) is 2.25. The maximum Gasteiger partial charge on any atom is 0.320 e. The predicted octanol–water partition coefficient (Wildman–Crippen LogP) is 1.29. The van der Waals surface area contributed by atoms with E-state index >= 15 is 0 Å². The first-order valence-electron chi connectivity index (χ1n) is 6.41. The highest BCUT2D eigenvalue weighted by molar-refractivity contribution is 5.73. The van der Waals surface area contributed by atoms with Gasteiger partial charge < -0.3 is 15.9 Å². The number of hydrogen-bond acceptors (Lipinski definition) is 4. The van der Waals surface area contributed by atoms with E-state index in [1.165, 1.54) is 0 Å². The van der Waals surface area contributed by atoms with Crippen molar-refractivity contribution in [2.24, 2.45) is 11.7 Å². The standard InChI is InChI=1S/C7H15NO2.C6H13NO2/c1-5(6(9)10)8-7(2,3)4;1-3-4(2)5(7)6(8)9/h5,8H,1-4H3,(H,9,10);4-5H,3,7H2,1-2H3,(H,8,9)/t5-;4-,5-/m00/s1. The minimum Gasteiger partial charge on any atom is -0.480 e. The van der Waals surface area contributed by atoms with Gasteiger partial charge in [0, 0.05) is 5.54 Å². The van der Waals surface area contributed by atoms with Gasteiger partial charge in [0.2, 0.25) is 0 Å². The molecule has 0 aromatic heterocycles. The normalized spacial score (nSPS) is 15.7. The molecule has 0 saturated heterocycles. The van der Waals surface area contributed by atoms with Crippen molar-refractivity contribution in [2.45, 2.75) is 65.6 Å². The van der Waals surface area contributed by atoms with Crippen LogP contribution in [-0.4, -0.2) is 39.8 Å². The molecular weight excluding hydrogens is 248 g/mol. The number of aliphatic carboxylic acids is 2. The van der Waals surface area contributed by atoms with Crippen LogP contribution in [0.3, 0.4) is 0 Å². The number of rotatable bonds is 5. The largest absolute Gasteiger partial charge is 0.480 e. The summed E-state index contributed by atoms with van der Waals surface area (Å²) >= 11 is 0. The Bertz CT molecular complexity index is 287. The molecule has 0 unspecified atom stereocenters. The second-order valence-corrected chi connectivity index (χ2v) is 5.70. The summed E-state index contributed by atoms with van der Waals surface area (Å²) in [5.74, 6) is -1.65. The monoisotopic (exact) mass is 276 g/mol. The molecule has 0 radical (unpaired) electrons. The Kier molecular flexibility index (Phi) is 9.43. The number of carboxylic acids is 2. The summed E-state index contributed by atoms with van der Waals surface area (Å²) in [6, 6.07) is -1.17. The fourth-order valence-electron chi connectivity index (χ4n) is 1.21. The summed E-state index contributed by atoms with van der Waals surface area (Å²) in [6.07, 6.45) is 0.813.